The molecule has 1 amide bonds. The van der Waals surface area contributed by atoms with E-state index in [4.69, 9.17) is 0 Å². The van der Waals surface area contributed by atoms with Gasteiger partial charge in [-0.25, -0.2) is 9.79 Å². The van der Waals surface area contributed by atoms with Gasteiger partial charge in [0.05, 0.1) is 5.56 Å². The second-order valence-electron chi connectivity index (χ2n) is 7.84. The van der Waals surface area contributed by atoms with Crippen LogP contribution in [0.1, 0.15) is 34.5 Å². The highest BCUT2D eigenvalue weighted by Crippen LogP contribution is 2.40. The maximum atomic E-state index is 13.0. The van der Waals surface area contributed by atoms with Crippen LogP contribution in [-0.4, -0.2) is 69.3 Å². The Labute approximate surface area is 182 Å². The lowest BCUT2D eigenvalue weighted by molar-refractivity contribution is -0.139. The topological polar surface area (TPSA) is 86.1 Å². The van der Waals surface area contributed by atoms with Gasteiger partial charge in [-0.2, -0.15) is 13.2 Å². The van der Waals surface area contributed by atoms with E-state index in [0.717, 1.165) is 12.1 Å². The van der Waals surface area contributed by atoms with Crippen molar-refractivity contribution in [3.63, 3.8) is 0 Å². The van der Waals surface area contributed by atoms with Crippen molar-refractivity contribution in [1.29, 1.82) is 0 Å². The van der Waals surface area contributed by atoms with E-state index in [1.54, 1.807) is 24.4 Å². The number of hydrogen-bond acceptors (Lipinski definition) is 4. The fourth-order valence-electron chi connectivity index (χ4n) is 3.61. The molecule has 0 atom stereocenters. The predicted octanol–water partition coefficient (Wildman–Crippen LogP) is 2.92. The van der Waals surface area contributed by atoms with Crippen LogP contribution >= 0.6 is 0 Å². The zero-order chi connectivity index (χ0) is 22.9. The average molecular weight is 446 g/mol. The van der Waals surface area contributed by atoms with E-state index < -0.39 is 29.2 Å². The number of carbonyl (C=O) groups excluding carboxylic acids is 1. The van der Waals surface area contributed by atoms with Crippen molar-refractivity contribution >= 4 is 17.7 Å². The quantitative estimate of drug-likeness (QED) is 0.577. The molecular weight excluding hydrogens is 425 g/mol. The minimum atomic E-state index is -4.52. The van der Waals surface area contributed by atoms with Crippen LogP contribution < -0.4 is 0 Å². The maximum Gasteiger partial charge on any atom is 0.416 e. The number of aromatic nitrogens is 1. The smallest absolute Gasteiger partial charge is 0.416 e. The Hall–Kier alpha value is -3.43. The summed E-state index contributed by atoms with van der Waals surface area (Å²) >= 11 is 0. The summed E-state index contributed by atoms with van der Waals surface area (Å²) in [7, 11) is 0. The highest BCUT2D eigenvalue weighted by atomic mass is 19.4. The highest BCUT2D eigenvalue weighted by molar-refractivity contribution is 6.00. The predicted molar refractivity (Wildman–Crippen MR) is 109 cm³/mol. The molecule has 1 aliphatic carbocycles. The standard InChI is InChI=1S/C22H21F3N4O3/c23-22(24,25)16-5-3-4-15(14-16)19(30)29-12-10-28(11-13-29)18(17-6-1-2-9-26-17)27-21(7-8-21)20(31)32/h1-6,9,14H,7-8,10-13H2,(H,31,32)/b27-18+. The number of carboxylic acid groups (broad SMARTS) is 1. The third-order valence-electron chi connectivity index (χ3n) is 5.64. The molecule has 0 radical (unpaired) electrons. The van der Waals surface area contributed by atoms with E-state index in [0.29, 0.717) is 37.5 Å². The second-order valence-corrected chi connectivity index (χ2v) is 7.84. The van der Waals surface area contributed by atoms with Gasteiger partial charge in [0.1, 0.15) is 5.69 Å². The fraction of sp³-hybridized carbons (Fsp3) is 0.364. The van der Waals surface area contributed by atoms with Crippen molar-refractivity contribution in [1.82, 2.24) is 14.8 Å². The van der Waals surface area contributed by atoms with Crippen LogP contribution in [-0.2, 0) is 11.0 Å². The number of pyridine rings is 1. The van der Waals surface area contributed by atoms with Crippen molar-refractivity contribution in [3.05, 3.63) is 65.5 Å². The molecule has 1 saturated heterocycles. The first-order valence-electron chi connectivity index (χ1n) is 10.2. The maximum absolute atomic E-state index is 13.0. The van der Waals surface area contributed by atoms with Gasteiger partial charge in [0.15, 0.2) is 11.4 Å². The molecular formula is C22H21F3N4O3. The van der Waals surface area contributed by atoms with E-state index in [1.165, 1.54) is 17.0 Å². The van der Waals surface area contributed by atoms with Crippen LogP contribution in [0.25, 0.3) is 0 Å². The lowest BCUT2D eigenvalue weighted by Crippen LogP contribution is -2.51. The summed E-state index contributed by atoms with van der Waals surface area (Å²) in [5, 5.41) is 9.54. The minimum Gasteiger partial charge on any atom is -0.479 e. The Morgan fingerprint density at radius 2 is 1.69 bits per heavy atom. The number of amides is 1. The number of carbonyl (C=O) groups is 2. The van der Waals surface area contributed by atoms with Crippen LogP contribution in [0.5, 0.6) is 0 Å². The number of piperazine rings is 1. The molecule has 2 aromatic rings. The number of rotatable bonds is 4. The number of benzene rings is 1. The average Bonchev–Trinajstić information content (AvgIpc) is 3.58. The molecule has 2 aliphatic rings. The number of nitrogens with zero attached hydrogens (tertiary/aromatic N) is 4. The minimum absolute atomic E-state index is 0.0188. The van der Waals surface area contributed by atoms with Gasteiger partial charge >= 0.3 is 12.1 Å². The molecule has 1 aliphatic heterocycles. The van der Waals surface area contributed by atoms with Crippen molar-refractivity contribution in [2.45, 2.75) is 24.6 Å². The number of alkyl halides is 3. The number of amidine groups is 1. The van der Waals surface area contributed by atoms with Crippen molar-refractivity contribution in [3.8, 4) is 0 Å². The molecule has 2 fully saturated rings. The van der Waals surface area contributed by atoms with Crippen LogP contribution in [0.2, 0.25) is 0 Å². The largest absolute Gasteiger partial charge is 0.479 e. The normalized spacial score (nSPS) is 18.4. The molecule has 1 N–H and O–H groups in total. The van der Waals surface area contributed by atoms with Crippen LogP contribution in [0.15, 0.2) is 53.7 Å². The monoisotopic (exact) mass is 446 g/mol. The molecule has 32 heavy (non-hydrogen) atoms. The van der Waals surface area contributed by atoms with Crippen LogP contribution in [0.4, 0.5) is 13.2 Å². The van der Waals surface area contributed by atoms with E-state index >= 15 is 0 Å². The van der Waals surface area contributed by atoms with Gasteiger partial charge < -0.3 is 14.9 Å². The molecule has 0 unspecified atom stereocenters. The van der Waals surface area contributed by atoms with Crippen LogP contribution in [0.3, 0.4) is 0 Å². The lowest BCUT2D eigenvalue weighted by Gasteiger charge is -2.36. The second kappa shape index (κ2) is 8.25. The molecule has 2 heterocycles. The first kappa shape index (κ1) is 21.8. The number of aliphatic imine (C=N–C) groups is 1. The molecule has 1 aromatic heterocycles. The molecule has 0 spiro atoms. The molecule has 10 heteroatoms. The summed E-state index contributed by atoms with van der Waals surface area (Å²) in [4.78, 5) is 36.6. The number of carboxylic acids is 1. The number of aliphatic carboxylic acids is 1. The number of halogens is 3. The van der Waals surface area contributed by atoms with E-state index in [1.807, 2.05) is 4.90 Å². The van der Waals surface area contributed by atoms with Crippen molar-refractivity contribution < 1.29 is 27.9 Å². The third kappa shape index (κ3) is 4.44. The SMILES string of the molecule is O=C(c1cccc(C(F)(F)F)c1)N1CCN(/C(=N/C2(C(=O)O)CC2)c2ccccn2)CC1. The molecule has 1 saturated carbocycles. The van der Waals surface area contributed by atoms with Gasteiger partial charge in [-0.3, -0.25) is 9.78 Å². The van der Waals surface area contributed by atoms with Gasteiger partial charge in [-0.15, -0.1) is 0 Å². The summed E-state index contributed by atoms with van der Waals surface area (Å²) < 4.78 is 38.9. The summed E-state index contributed by atoms with van der Waals surface area (Å²) in [5.74, 6) is -1.00. The van der Waals surface area contributed by atoms with Gasteiger partial charge in [0.2, 0.25) is 0 Å². The highest BCUT2D eigenvalue weighted by Gasteiger charge is 2.51. The van der Waals surface area contributed by atoms with Gasteiger partial charge in [-0.1, -0.05) is 12.1 Å². The van der Waals surface area contributed by atoms with Gasteiger partial charge in [-0.05, 0) is 43.2 Å². The Morgan fingerprint density at radius 3 is 2.25 bits per heavy atom. The van der Waals surface area contributed by atoms with Gasteiger partial charge in [0.25, 0.3) is 5.91 Å². The summed E-state index contributed by atoms with van der Waals surface area (Å²) in [6, 6.07) is 9.66. The first-order valence-corrected chi connectivity index (χ1v) is 10.2. The first-order chi connectivity index (χ1) is 15.2. The Kier molecular flexibility index (Phi) is 5.62. The van der Waals surface area contributed by atoms with Gasteiger partial charge in [0, 0.05) is 37.9 Å². The summed E-state index contributed by atoms with van der Waals surface area (Å²) in [5.41, 5.74) is -1.49. The van der Waals surface area contributed by atoms with Crippen molar-refractivity contribution in [2.75, 3.05) is 26.2 Å². The molecule has 168 valence electrons. The zero-order valence-electron chi connectivity index (χ0n) is 17.0. The molecule has 4 rings (SSSR count). The molecule has 1 aromatic carbocycles. The summed E-state index contributed by atoms with van der Waals surface area (Å²) in [6.45, 7) is 1.24. The molecule has 7 nitrogen and oxygen atoms in total. The number of hydrogen-bond donors (Lipinski definition) is 1. The zero-order valence-corrected chi connectivity index (χ0v) is 17.0. The Balaban J connectivity index is 1.51. The van der Waals surface area contributed by atoms with E-state index in [2.05, 4.69) is 9.98 Å². The third-order valence-corrected chi connectivity index (χ3v) is 5.64. The van der Waals surface area contributed by atoms with E-state index in [9.17, 15) is 27.9 Å². The van der Waals surface area contributed by atoms with Crippen molar-refractivity contribution in [2.24, 2.45) is 4.99 Å². The summed E-state index contributed by atoms with van der Waals surface area (Å²) in [6.07, 6.45) is -2.02. The Bertz CT molecular complexity index is 1040. The van der Waals surface area contributed by atoms with E-state index in [-0.39, 0.29) is 18.7 Å². The Morgan fingerprint density at radius 1 is 1.00 bits per heavy atom. The lowest BCUT2D eigenvalue weighted by atomic mass is 10.1. The fourth-order valence-corrected chi connectivity index (χ4v) is 3.61. The molecule has 0 bridgehead atoms. The van der Waals surface area contributed by atoms with Crippen LogP contribution in [0, 0.1) is 0 Å².